The number of halogens is 1. The molecule has 1 fully saturated rings. The topological polar surface area (TPSA) is 40.6 Å². The Balaban J connectivity index is 1.81. The molecule has 1 saturated heterocycles. The number of hydrogen-bond donors (Lipinski definition) is 0. The first-order valence-electron chi connectivity index (χ1n) is 9.16. The molecular formula is C21H21ClN2O2S. The minimum atomic E-state index is -0.263. The molecule has 0 bridgehead atoms. The van der Waals surface area contributed by atoms with Gasteiger partial charge in [-0.05, 0) is 54.8 Å². The van der Waals surface area contributed by atoms with Crippen molar-refractivity contribution in [3.05, 3.63) is 56.9 Å². The van der Waals surface area contributed by atoms with Crippen LogP contribution in [0, 0.1) is 12.8 Å². The Kier molecular flexibility index (Phi) is 4.82. The summed E-state index contributed by atoms with van der Waals surface area (Å²) in [5.41, 5.74) is 2.35. The third-order valence-electron chi connectivity index (χ3n) is 5.41. The van der Waals surface area contributed by atoms with Crippen LogP contribution in [0.2, 0.25) is 5.02 Å². The van der Waals surface area contributed by atoms with Gasteiger partial charge in [-0.1, -0.05) is 30.7 Å². The number of rotatable bonds is 3. The fourth-order valence-corrected chi connectivity index (χ4v) is 4.68. The lowest BCUT2D eigenvalue weighted by Crippen LogP contribution is -2.38. The van der Waals surface area contributed by atoms with Crippen molar-refractivity contribution in [2.75, 3.05) is 18.0 Å². The average molecular weight is 401 g/mol. The molecule has 0 N–H and O–H groups in total. The molecule has 3 heterocycles. The normalized spacial score (nSPS) is 18.8. The van der Waals surface area contributed by atoms with E-state index < -0.39 is 0 Å². The zero-order valence-electron chi connectivity index (χ0n) is 15.4. The number of hydrogen-bond acceptors (Lipinski definition) is 4. The van der Waals surface area contributed by atoms with Crippen LogP contribution >= 0.6 is 22.9 Å². The number of amides is 2. The van der Waals surface area contributed by atoms with E-state index in [0.717, 1.165) is 36.4 Å². The lowest BCUT2D eigenvalue weighted by Gasteiger charge is -2.32. The van der Waals surface area contributed by atoms with Gasteiger partial charge in [0.25, 0.3) is 11.8 Å². The van der Waals surface area contributed by atoms with E-state index in [1.54, 1.807) is 18.2 Å². The summed E-state index contributed by atoms with van der Waals surface area (Å²) < 4.78 is 0. The molecule has 0 radical (unpaired) electrons. The first-order chi connectivity index (χ1) is 13.0. The van der Waals surface area contributed by atoms with Crippen LogP contribution in [0.15, 0.2) is 41.4 Å². The molecule has 0 spiro atoms. The highest BCUT2D eigenvalue weighted by molar-refractivity contribution is 7.11. The van der Waals surface area contributed by atoms with Crippen LogP contribution in [0.25, 0.3) is 5.57 Å². The van der Waals surface area contributed by atoms with Crippen molar-refractivity contribution < 1.29 is 9.59 Å². The summed E-state index contributed by atoms with van der Waals surface area (Å²) in [6.45, 7) is 5.66. The number of thiophene rings is 1. The summed E-state index contributed by atoms with van der Waals surface area (Å²) in [6, 6.07) is 9.15. The predicted molar refractivity (Wildman–Crippen MR) is 110 cm³/mol. The Labute approximate surface area is 168 Å². The molecule has 140 valence electrons. The second-order valence-electron chi connectivity index (χ2n) is 7.20. The summed E-state index contributed by atoms with van der Waals surface area (Å²) in [4.78, 5) is 31.0. The minimum Gasteiger partial charge on any atom is -0.366 e. The second-order valence-corrected chi connectivity index (χ2v) is 8.56. The van der Waals surface area contributed by atoms with Gasteiger partial charge in [-0.2, -0.15) is 0 Å². The van der Waals surface area contributed by atoms with E-state index in [4.69, 9.17) is 11.6 Å². The van der Waals surface area contributed by atoms with Gasteiger partial charge in [0.05, 0.1) is 11.3 Å². The molecule has 0 atom stereocenters. The van der Waals surface area contributed by atoms with Gasteiger partial charge in [-0.25, -0.2) is 4.90 Å². The predicted octanol–water partition coefficient (Wildman–Crippen LogP) is 4.73. The molecule has 2 aliphatic rings. The zero-order chi connectivity index (χ0) is 19.1. The SMILES string of the molecule is Cc1c(Cl)cccc1N1C(=O)C(c2cccs2)=C(N2CCC(C)CC2)C1=O. The number of piperidine rings is 1. The van der Waals surface area contributed by atoms with Gasteiger partial charge in [0, 0.05) is 23.0 Å². The molecule has 0 saturated carbocycles. The fraction of sp³-hybridized carbons (Fsp3) is 0.333. The van der Waals surface area contributed by atoms with Gasteiger partial charge in [0.1, 0.15) is 5.70 Å². The number of carbonyl (C=O) groups is 2. The number of nitrogens with zero attached hydrogens (tertiary/aromatic N) is 2. The van der Waals surface area contributed by atoms with Crippen LogP contribution < -0.4 is 4.90 Å². The van der Waals surface area contributed by atoms with Crippen LogP contribution in [0.1, 0.15) is 30.2 Å². The van der Waals surface area contributed by atoms with Crippen molar-refractivity contribution in [3.8, 4) is 0 Å². The maximum absolute atomic E-state index is 13.4. The molecule has 1 aromatic heterocycles. The van der Waals surface area contributed by atoms with Crippen molar-refractivity contribution >= 4 is 46.0 Å². The summed E-state index contributed by atoms with van der Waals surface area (Å²) >= 11 is 7.74. The lowest BCUT2D eigenvalue weighted by atomic mass is 9.98. The average Bonchev–Trinajstić information content (AvgIpc) is 3.25. The van der Waals surface area contributed by atoms with E-state index in [9.17, 15) is 9.59 Å². The second kappa shape index (κ2) is 7.13. The Morgan fingerprint density at radius 1 is 1.07 bits per heavy atom. The molecule has 4 nitrogen and oxygen atoms in total. The van der Waals surface area contributed by atoms with Crippen LogP contribution in [0.3, 0.4) is 0 Å². The van der Waals surface area contributed by atoms with Gasteiger partial charge in [-0.3, -0.25) is 9.59 Å². The molecule has 2 aromatic rings. The van der Waals surface area contributed by atoms with Crippen LogP contribution in [-0.4, -0.2) is 29.8 Å². The van der Waals surface area contributed by atoms with Gasteiger partial charge < -0.3 is 4.90 Å². The van der Waals surface area contributed by atoms with E-state index in [1.807, 2.05) is 24.4 Å². The molecule has 0 aliphatic carbocycles. The summed E-state index contributed by atoms with van der Waals surface area (Å²) in [5.74, 6) is 0.135. The highest BCUT2D eigenvalue weighted by atomic mass is 35.5. The molecule has 27 heavy (non-hydrogen) atoms. The first-order valence-corrected chi connectivity index (χ1v) is 10.4. The van der Waals surface area contributed by atoms with E-state index in [1.165, 1.54) is 16.2 Å². The van der Waals surface area contributed by atoms with Crippen molar-refractivity contribution in [1.82, 2.24) is 4.90 Å². The molecule has 1 aromatic carbocycles. The smallest absolute Gasteiger partial charge is 0.282 e. The number of likely N-dealkylation sites (tertiary alicyclic amines) is 1. The van der Waals surface area contributed by atoms with Gasteiger partial charge in [-0.15, -0.1) is 11.3 Å². The zero-order valence-corrected chi connectivity index (χ0v) is 16.9. The fourth-order valence-electron chi connectivity index (χ4n) is 3.74. The van der Waals surface area contributed by atoms with E-state index in [0.29, 0.717) is 27.9 Å². The molecule has 4 rings (SSSR count). The van der Waals surface area contributed by atoms with Crippen molar-refractivity contribution in [2.24, 2.45) is 5.92 Å². The van der Waals surface area contributed by atoms with Gasteiger partial charge in [0.2, 0.25) is 0 Å². The standard InChI is InChI=1S/C21H21ClN2O2S/c1-13-8-10-23(11-9-13)19-18(17-7-4-12-27-17)20(25)24(21(19)26)16-6-3-5-15(22)14(16)2/h3-7,12-13H,8-11H2,1-2H3. The van der Waals surface area contributed by atoms with E-state index in [-0.39, 0.29) is 11.8 Å². The van der Waals surface area contributed by atoms with Crippen molar-refractivity contribution in [3.63, 3.8) is 0 Å². The number of imide groups is 1. The first kappa shape index (κ1) is 18.3. The maximum atomic E-state index is 13.4. The van der Waals surface area contributed by atoms with E-state index >= 15 is 0 Å². The molecule has 2 aliphatic heterocycles. The van der Waals surface area contributed by atoms with Crippen LogP contribution in [0.4, 0.5) is 5.69 Å². The molecule has 2 amide bonds. The highest BCUT2D eigenvalue weighted by Crippen LogP contribution is 2.39. The third-order valence-corrected chi connectivity index (χ3v) is 6.70. The van der Waals surface area contributed by atoms with Crippen molar-refractivity contribution in [1.29, 1.82) is 0 Å². The lowest BCUT2D eigenvalue weighted by molar-refractivity contribution is -0.120. The highest BCUT2D eigenvalue weighted by Gasteiger charge is 2.43. The van der Waals surface area contributed by atoms with E-state index in [2.05, 4.69) is 11.8 Å². The maximum Gasteiger partial charge on any atom is 0.282 e. The third kappa shape index (κ3) is 3.09. The molecule has 0 unspecified atom stereocenters. The number of carbonyl (C=O) groups excluding carboxylic acids is 2. The van der Waals surface area contributed by atoms with Crippen LogP contribution in [-0.2, 0) is 9.59 Å². The van der Waals surface area contributed by atoms with Crippen LogP contribution in [0.5, 0.6) is 0 Å². The molecule has 6 heteroatoms. The Hall–Kier alpha value is -2.11. The summed E-state index contributed by atoms with van der Waals surface area (Å²) in [7, 11) is 0. The largest absolute Gasteiger partial charge is 0.366 e. The molecular weight excluding hydrogens is 380 g/mol. The van der Waals surface area contributed by atoms with Gasteiger partial charge in [0.15, 0.2) is 0 Å². The Bertz CT molecular complexity index is 928. The minimum absolute atomic E-state index is 0.247. The number of benzene rings is 1. The Morgan fingerprint density at radius 2 is 1.81 bits per heavy atom. The quantitative estimate of drug-likeness (QED) is 0.699. The number of anilines is 1. The summed E-state index contributed by atoms with van der Waals surface area (Å²) in [6.07, 6.45) is 2.05. The Morgan fingerprint density at radius 3 is 2.48 bits per heavy atom. The summed E-state index contributed by atoms with van der Waals surface area (Å²) in [5, 5.41) is 2.48. The van der Waals surface area contributed by atoms with Crippen molar-refractivity contribution in [2.45, 2.75) is 26.7 Å². The van der Waals surface area contributed by atoms with Gasteiger partial charge >= 0.3 is 0 Å². The monoisotopic (exact) mass is 400 g/mol.